The van der Waals surface area contributed by atoms with Gasteiger partial charge >= 0.3 is 0 Å². The Hall–Kier alpha value is -7.08. The molecule has 318 valence electrons. The fourth-order valence-corrected chi connectivity index (χ4v) is 7.36. The number of imidazole rings is 1. The summed E-state index contributed by atoms with van der Waals surface area (Å²) in [7, 11) is 1.63. The summed E-state index contributed by atoms with van der Waals surface area (Å²) in [5.74, 6) is -0.0995. The quantitative estimate of drug-likeness (QED) is 0.0717. The molecule has 2 aromatic carbocycles. The number of hydrogen-bond donors (Lipinski definition) is 3. The number of hydrogen-bond acceptors (Lipinski definition) is 11. The number of nitrogens with two attached hydrogens (primary N) is 2. The molecule has 7 aromatic rings. The predicted octanol–water partition coefficient (Wildman–Crippen LogP) is 5.56. The van der Waals surface area contributed by atoms with E-state index in [0.717, 1.165) is 11.4 Å². The molecule has 0 unspecified atom stereocenters. The van der Waals surface area contributed by atoms with E-state index in [1.807, 2.05) is 73.6 Å². The normalized spacial score (nSPS) is 11.8. The van der Waals surface area contributed by atoms with Crippen molar-refractivity contribution in [1.29, 1.82) is 0 Å². The first-order valence-corrected chi connectivity index (χ1v) is 20.1. The van der Waals surface area contributed by atoms with Gasteiger partial charge in [0, 0.05) is 74.4 Å². The molecule has 0 radical (unpaired) electrons. The molecule has 5 N–H and O–H groups in total. The number of carbonyl (C=O) groups is 3. The molecule has 18 heteroatoms. The van der Waals surface area contributed by atoms with Crippen LogP contribution in [0.4, 0.5) is 5.95 Å². The molecule has 0 saturated carbocycles. The minimum Gasteiger partial charge on any atom is -0.491 e. The number of amides is 3. The van der Waals surface area contributed by atoms with Gasteiger partial charge in [-0.1, -0.05) is 12.2 Å². The molecular weight excluding hydrogens is 781 g/mol. The van der Waals surface area contributed by atoms with Gasteiger partial charge < -0.3 is 34.8 Å². The highest BCUT2D eigenvalue weighted by Gasteiger charge is 2.24. The second kappa shape index (κ2) is 17.6. The second-order valence-electron chi connectivity index (χ2n) is 14.8. The van der Waals surface area contributed by atoms with Crippen LogP contribution in [0.25, 0.3) is 44.5 Å². The number of ether oxygens (including phenoxy) is 3. The first-order valence-electron chi connectivity index (χ1n) is 20.1. The molecule has 5 heterocycles. The standard InChI is InChI=1S/C43H50N12O6/c1-8-54-32(17-25(5)50-54)40-46-23-30-29-19-27(38(44)56)21-34(60-16-12-15-59-7)36(29)52(41(30)48-40)13-10-11-14-53-37-31(20-28(39(45)57)22-35(37)61-24(3)4)47-43(53)49-42(58)33-18-26(6)51-55(33)9-2/h10-11,17-24H,8-9,12-16H2,1-7H3,(H2,44,56)(H2,45,57)(H,47,49,58). The number of fused-ring (bicyclic) bond motifs is 4. The summed E-state index contributed by atoms with van der Waals surface area (Å²) in [5, 5.41) is 13.4. The Morgan fingerprint density at radius 3 is 2.16 bits per heavy atom. The fourth-order valence-electron chi connectivity index (χ4n) is 7.36. The summed E-state index contributed by atoms with van der Waals surface area (Å²) in [6.45, 7) is 13.9. The van der Waals surface area contributed by atoms with Gasteiger partial charge in [0.05, 0.1) is 35.1 Å². The monoisotopic (exact) mass is 830 g/mol. The van der Waals surface area contributed by atoms with Crippen LogP contribution in [0.5, 0.6) is 11.5 Å². The Labute approximate surface area is 351 Å². The lowest BCUT2D eigenvalue weighted by Gasteiger charge is -2.15. The zero-order valence-electron chi connectivity index (χ0n) is 35.4. The first-order chi connectivity index (χ1) is 29.3. The molecule has 5 aromatic heterocycles. The third kappa shape index (κ3) is 8.52. The summed E-state index contributed by atoms with van der Waals surface area (Å²) in [6.07, 6.45) is 6.01. The van der Waals surface area contributed by atoms with E-state index >= 15 is 0 Å². The van der Waals surface area contributed by atoms with Crippen LogP contribution >= 0.6 is 0 Å². The SMILES string of the molecule is CCn1nc(C)cc1C(=O)Nc1nc2cc(C(N)=O)cc(OC(C)C)c2n1CC=CCn1c2nc(-c3cc(C)nn3CC)ncc2c2cc(C(N)=O)cc(OCCCOC)c21. The number of primary amides is 2. The number of aromatic nitrogens is 9. The van der Waals surface area contributed by atoms with Crippen molar-refractivity contribution in [3.63, 3.8) is 0 Å². The van der Waals surface area contributed by atoms with Gasteiger partial charge in [-0.2, -0.15) is 10.2 Å². The molecule has 0 bridgehead atoms. The number of carbonyl (C=O) groups excluding carboxylic acids is 3. The zero-order valence-corrected chi connectivity index (χ0v) is 35.4. The Bertz CT molecular complexity index is 2830. The van der Waals surface area contributed by atoms with E-state index in [1.54, 1.807) is 48.3 Å². The lowest BCUT2D eigenvalue weighted by Crippen LogP contribution is -2.20. The topological polar surface area (TPSA) is 227 Å². The van der Waals surface area contributed by atoms with Crippen LogP contribution in [-0.2, 0) is 30.9 Å². The predicted molar refractivity (Wildman–Crippen MR) is 231 cm³/mol. The Morgan fingerprint density at radius 2 is 1.48 bits per heavy atom. The van der Waals surface area contributed by atoms with Crippen molar-refractivity contribution in [2.45, 2.75) is 80.2 Å². The van der Waals surface area contributed by atoms with Crippen molar-refractivity contribution in [1.82, 2.24) is 43.6 Å². The van der Waals surface area contributed by atoms with Gasteiger partial charge in [0.2, 0.25) is 17.8 Å². The van der Waals surface area contributed by atoms with Gasteiger partial charge in [-0.3, -0.25) is 29.1 Å². The highest BCUT2D eigenvalue weighted by Crippen LogP contribution is 2.37. The maximum Gasteiger partial charge on any atom is 0.276 e. The maximum absolute atomic E-state index is 13.8. The van der Waals surface area contributed by atoms with Crippen molar-refractivity contribution in [3.05, 3.63) is 83.0 Å². The van der Waals surface area contributed by atoms with Crippen molar-refractivity contribution in [2.24, 2.45) is 11.5 Å². The molecule has 7 rings (SSSR count). The van der Waals surface area contributed by atoms with E-state index in [2.05, 4.69) is 15.5 Å². The molecule has 0 spiro atoms. The number of allylic oxidation sites excluding steroid dienone is 2. The molecule has 0 atom stereocenters. The molecule has 3 amide bonds. The molecule has 0 saturated heterocycles. The maximum atomic E-state index is 13.8. The van der Waals surface area contributed by atoms with Crippen molar-refractivity contribution >= 4 is 56.6 Å². The largest absolute Gasteiger partial charge is 0.491 e. The van der Waals surface area contributed by atoms with Crippen LogP contribution in [0.2, 0.25) is 0 Å². The number of nitrogens with zero attached hydrogens (tertiary/aromatic N) is 9. The van der Waals surface area contributed by atoms with E-state index in [-0.39, 0.29) is 29.7 Å². The van der Waals surface area contributed by atoms with Gasteiger partial charge in [0.15, 0.2) is 5.82 Å². The smallest absolute Gasteiger partial charge is 0.276 e. The van der Waals surface area contributed by atoms with E-state index in [1.165, 1.54) is 0 Å². The molecule has 0 aliphatic heterocycles. The van der Waals surface area contributed by atoms with Gasteiger partial charge in [0.25, 0.3) is 5.91 Å². The third-order valence-corrected chi connectivity index (χ3v) is 9.98. The molecule has 0 aliphatic carbocycles. The minimum atomic E-state index is -0.643. The summed E-state index contributed by atoms with van der Waals surface area (Å²) in [5.41, 5.74) is 17.0. The Kier molecular flexibility index (Phi) is 12.2. The number of methoxy groups -OCH3 is 1. The molecule has 18 nitrogen and oxygen atoms in total. The molecule has 61 heavy (non-hydrogen) atoms. The Morgan fingerprint density at radius 1 is 0.803 bits per heavy atom. The second-order valence-corrected chi connectivity index (χ2v) is 14.8. The summed E-state index contributed by atoms with van der Waals surface area (Å²) in [4.78, 5) is 53.4. The molecular formula is C43H50N12O6. The van der Waals surface area contributed by atoms with Crippen molar-refractivity contribution in [2.75, 3.05) is 25.6 Å². The van der Waals surface area contributed by atoms with E-state index in [4.69, 9.17) is 40.6 Å². The first kappa shape index (κ1) is 42.1. The average Bonchev–Trinajstić information content (AvgIpc) is 3.98. The van der Waals surface area contributed by atoms with Crippen LogP contribution in [0.3, 0.4) is 0 Å². The number of anilines is 1. The minimum absolute atomic E-state index is 0.213. The zero-order chi connectivity index (χ0) is 43.5. The number of rotatable bonds is 18. The van der Waals surface area contributed by atoms with Crippen LogP contribution in [-0.4, -0.2) is 87.8 Å². The van der Waals surface area contributed by atoms with Crippen molar-refractivity contribution in [3.8, 4) is 23.0 Å². The number of aryl methyl sites for hydroxylation is 4. The highest BCUT2D eigenvalue weighted by molar-refractivity contribution is 6.12. The fraction of sp³-hybridized carbons (Fsp3) is 0.349. The van der Waals surface area contributed by atoms with Gasteiger partial charge in [-0.25, -0.2) is 15.0 Å². The number of nitrogens with one attached hydrogen (secondary N) is 1. The van der Waals surface area contributed by atoms with Crippen molar-refractivity contribution < 1.29 is 28.6 Å². The van der Waals surface area contributed by atoms with Crippen LogP contribution in [0, 0.1) is 13.8 Å². The highest BCUT2D eigenvalue weighted by atomic mass is 16.5. The van der Waals surface area contributed by atoms with Crippen LogP contribution in [0.1, 0.15) is 76.7 Å². The van der Waals surface area contributed by atoms with Crippen LogP contribution < -0.4 is 26.3 Å². The van der Waals surface area contributed by atoms with Gasteiger partial charge in [-0.15, -0.1) is 0 Å². The molecule has 0 aliphatic rings. The van der Waals surface area contributed by atoms with E-state index in [9.17, 15) is 14.4 Å². The van der Waals surface area contributed by atoms with Crippen LogP contribution in [0.15, 0.2) is 54.7 Å². The van der Waals surface area contributed by atoms with Gasteiger partial charge in [0.1, 0.15) is 34.1 Å². The van der Waals surface area contributed by atoms with E-state index < -0.39 is 17.7 Å². The van der Waals surface area contributed by atoms with E-state index in [0.29, 0.717) is 101 Å². The molecule has 0 fully saturated rings. The lowest BCUT2D eigenvalue weighted by atomic mass is 10.1. The average molecular weight is 831 g/mol. The summed E-state index contributed by atoms with van der Waals surface area (Å²) in [6, 6.07) is 10.2. The third-order valence-electron chi connectivity index (χ3n) is 9.98. The summed E-state index contributed by atoms with van der Waals surface area (Å²) < 4.78 is 25.1. The lowest BCUT2D eigenvalue weighted by molar-refractivity contribution is 0.0991. The Balaban J connectivity index is 1.35. The summed E-state index contributed by atoms with van der Waals surface area (Å²) >= 11 is 0. The number of benzene rings is 2. The van der Waals surface area contributed by atoms with Gasteiger partial charge in [-0.05, 0) is 77.9 Å².